The zero-order valence-electron chi connectivity index (χ0n) is 12.4. The van der Waals surface area contributed by atoms with Crippen LogP contribution in [-0.2, 0) is 4.74 Å². The molecule has 0 aromatic carbocycles. The first-order chi connectivity index (χ1) is 9.54. The third-order valence-electron chi connectivity index (χ3n) is 3.28. The Morgan fingerprint density at radius 3 is 2.75 bits per heavy atom. The van der Waals surface area contributed by atoms with E-state index in [-0.39, 0.29) is 23.9 Å². The zero-order chi connectivity index (χ0) is 14.5. The van der Waals surface area contributed by atoms with Crippen LogP contribution in [0.2, 0.25) is 0 Å². The predicted octanol–water partition coefficient (Wildman–Crippen LogP) is 1.21. The minimum absolute atomic E-state index is 0.200. The van der Waals surface area contributed by atoms with Gasteiger partial charge in [-0.3, -0.25) is 9.69 Å². The highest BCUT2D eigenvalue weighted by Gasteiger charge is 2.21. The molecule has 1 aliphatic rings. The number of amides is 1. The number of rotatable bonds is 5. The second-order valence-electron chi connectivity index (χ2n) is 5.46. The van der Waals surface area contributed by atoms with E-state index in [1.165, 1.54) is 0 Å². The largest absolute Gasteiger partial charge is 0.373 e. The molecule has 1 aromatic rings. The molecule has 6 nitrogen and oxygen atoms in total. The summed E-state index contributed by atoms with van der Waals surface area (Å²) >= 11 is 0. The van der Waals surface area contributed by atoms with Crippen LogP contribution in [0.25, 0.3) is 0 Å². The van der Waals surface area contributed by atoms with Crippen molar-refractivity contribution in [2.45, 2.75) is 39.4 Å². The predicted molar refractivity (Wildman–Crippen MR) is 74.6 cm³/mol. The van der Waals surface area contributed by atoms with Crippen LogP contribution in [-0.4, -0.2) is 54.4 Å². The van der Waals surface area contributed by atoms with Crippen molar-refractivity contribution in [3.8, 4) is 0 Å². The molecule has 0 saturated carbocycles. The van der Waals surface area contributed by atoms with Gasteiger partial charge >= 0.3 is 0 Å². The second-order valence-corrected chi connectivity index (χ2v) is 5.46. The van der Waals surface area contributed by atoms with E-state index in [1.807, 2.05) is 0 Å². The molecule has 0 aliphatic carbocycles. The van der Waals surface area contributed by atoms with Gasteiger partial charge in [0.05, 0.1) is 17.9 Å². The zero-order valence-corrected chi connectivity index (χ0v) is 12.4. The fraction of sp³-hybridized carbons (Fsp3) is 0.714. The lowest BCUT2D eigenvalue weighted by atomic mass is 10.2. The van der Waals surface area contributed by atoms with Crippen LogP contribution in [0, 0.1) is 6.92 Å². The summed E-state index contributed by atoms with van der Waals surface area (Å²) in [5.74, 6) is 0.0745. The molecular weight excluding hydrogens is 258 g/mol. The summed E-state index contributed by atoms with van der Waals surface area (Å²) < 4.78 is 10.6. The van der Waals surface area contributed by atoms with Crippen molar-refractivity contribution < 1.29 is 14.1 Å². The van der Waals surface area contributed by atoms with Gasteiger partial charge in [0.25, 0.3) is 5.91 Å². The number of aromatic nitrogens is 1. The molecule has 1 saturated heterocycles. The standard InChI is InChI=1S/C14H23N3O3/c1-10-7-13(20-16-10)14(18)15-5-4-6-17-8-11(2)19-12(3)9-17/h7,11-12H,4-6,8-9H2,1-3H3,(H,15,18)/t11-,12+. The summed E-state index contributed by atoms with van der Waals surface area (Å²) in [5, 5.41) is 6.54. The van der Waals surface area contributed by atoms with Gasteiger partial charge in [0, 0.05) is 32.2 Å². The molecule has 1 fully saturated rings. The number of morpholine rings is 1. The van der Waals surface area contributed by atoms with Gasteiger partial charge in [0.15, 0.2) is 0 Å². The molecule has 112 valence electrons. The molecule has 2 atom stereocenters. The van der Waals surface area contributed by atoms with Crippen molar-refractivity contribution in [1.29, 1.82) is 0 Å². The van der Waals surface area contributed by atoms with E-state index in [0.29, 0.717) is 12.2 Å². The van der Waals surface area contributed by atoms with Gasteiger partial charge in [0.1, 0.15) is 0 Å². The smallest absolute Gasteiger partial charge is 0.289 e. The minimum Gasteiger partial charge on any atom is -0.373 e. The molecule has 2 rings (SSSR count). The van der Waals surface area contributed by atoms with Crippen molar-refractivity contribution in [3.05, 3.63) is 17.5 Å². The Hall–Kier alpha value is -1.40. The molecule has 1 aromatic heterocycles. The monoisotopic (exact) mass is 281 g/mol. The maximum Gasteiger partial charge on any atom is 0.289 e. The fourth-order valence-electron chi connectivity index (χ4n) is 2.53. The summed E-state index contributed by atoms with van der Waals surface area (Å²) in [5.41, 5.74) is 0.714. The maximum absolute atomic E-state index is 11.7. The molecular formula is C14H23N3O3. The number of aryl methyl sites for hydroxylation is 1. The molecule has 0 bridgehead atoms. The van der Waals surface area contributed by atoms with Crippen LogP contribution in [0.5, 0.6) is 0 Å². The van der Waals surface area contributed by atoms with Gasteiger partial charge in [-0.2, -0.15) is 0 Å². The highest BCUT2D eigenvalue weighted by molar-refractivity contribution is 5.91. The van der Waals surface area contributed by atoms with Gasteiger partial charge < -0.3 is 14.6 Å². The molecule has 0 radical (unpaired) electrons. The van der Waals surface area contributed by atoms with Crippen LogP contribution < -0.4 is 5.32 Å². The van der Waals surface area contributed by atoms with Crippen LogP contribution in [0.15, 0.2) is 10.6 Å². The van der Waals surface area contributed by atoms with Crippen molar-refractivity contribution in [1.82, 2.24) is 15.4 Å². The van der Waals surface area contributed by atoms with E-state index in [2.05, 4.69) is 29.2 Å². The van der Waals surface area contributed by atoms with Gasteiger partial charge in [-0.15, -0.1) is 0 Å². The van der Waals surface area contributed by atoms with Gasteiger partial charge in [-0.1, -0.05) is 5.16 Å². The average molecular weight is 281 g/mol. The Balaban J connectivity index is 1.65. The molecule has 20 heavy (non-hydrogen) atoms. The fourth-order valence-corrected chi connectivity index (χ4v) is 2.53. The second kappa shape index (κ2) is 6.85. The van der Waals surface area contributed by atoms with E-state index in [9.17, 15) is 4.79 Å². The first kappa shape index (κ1) is 15.0. The molecule has 0 spiro atoms. The van der Waals surface area contributed by atoms with Crippen LogP contribution in [0.3, 0.4) is 0 Å². The SMILES string of the molecule is Cc1cc(C(=O)NCCCN2C[C@@H](C)O[C@@H](C)C2)on1. The van der Waals surface area contributed by atoms with Crippen LogP contribution >= 0.6 is 0 Å². The molecule has 1 amide bonds. The maximum atomic E-state index is 11.7. The highest BCUT2D eigenvalue weighted by Crippen LogP contribution is 2.10. The minimum atomic E-state index is -0.200. The number of carbonyl (C=O) groups excluding carboxylic acids is 1. The van der Waals surface area contributed by atoms with E-state index >= 15 is 0 Å². The Kier molecular flexibility index (Phi) is 5.14. The van der Waals surface area contributed by atoms with Crippen LogP contribution in [0.1, 0.15) is 36.5 Å². The quantitative estimate of drug-likeness (QED) is 0.822. The summed E-state index contributed by atoms with van der Waals surface area (Å²) in [6.45, 7) is 9.50. The number of nitrogens with one attached hydrogen (secondary N) is 1. The van der Waals surface area contributed by atoms with Gasteiger partial charge in [0.2, 0.25) is 5.76 Å². The van der Waals surface area contributed by atoms with Crippen molar-refractivity contribution in [2.75, 3.05) is 26.2 Å². The third kappa shape index (κ3) is 4.31. The average Bonchev–Trinajstić information content (AvgIpc) is 2.80. The lowest BCUT2D eigenvalue weighted by Crippen LogP contribution is -2.46. The first-order valence-electron chi connectivity index (χ1n) is 7.14. The first-order valence-corrected chi connectivity index (χ1v) is 7.14. The van der Waals surface area contributed by atoms with E-state index in [1.54, 1.807) is 13.0 Å². The summed E-state index contributed by atoms with van der Waals surface area (Å²) in [6, 6.07) is 1.64. The highest BCUT2D eigenvalue weighted by atomic mass is 16.5. The van der Waals surface area contributed by atoms with E-state index in [4.69, 9.17) is 9.26 Å². The number of hydrogen-bond donors (Lipinski definition) is 1. The lowest BCUT2D eigenvalue weighted by molar-refractivity contribution is -0.0680. The van der Waals surface area contributed by atoms with E-state index < -0.39 is 0 Å². The summed E-state index contributed by atoms with van der Waals surface area (Å²) in [6.07, 6.45) is 1.48. The molecule has 1 N–H and O–H groups in total. The Morgan fingerprint density at radius 1 is 1.45 bits per heavy atom. The molecule has 6 heteroatoms. The number of ether oxygens (including phenoxy) is 1. The summed E-state index contributed by atoms with van der Waals surface area (Å²) in [7, 11) is 0. The van der Waals surface area contributed by atoms with E-state index in [0.717, 1.165) is 26.1 Å². The summed E-state index contributed by atoms with van der Waals surface area (Å²) in [4.78, 5) is 14.1. The number of carbonyl (C=O) groups is 1. The van der Waals surface area contributed by atoms with Gasteiger partial charge in [-0.25, -0.2) is 0 Å². The molecule has 1 aliphatic heterocycles. The van der Waals surface area contributed by atoms with Crippen LogP contribution in [0.4, 0.5) is 0 Å². The van der Waals surface area contributed by atoms with Crippen molar-refractivity contribution >= 4 is 5.91 Å². The molecule has 0 unspecified atom stereocenters. The Bertz CT molecular complexity index is 437. The van der Waals surface area contributed by atoms with Gasteiger partial charge in [-0.05, 0) is 27.2 Å². The Morgan fingerprint density at radius 2 is 2.15 bits per heavy atom. The number of hydrogen-bond acceptors (Lipinski definition) is 5. The normalized spacial score (nSPS) is 23.8. The van der Waals surface area contributed by atoms with Crippen molar-refractivity contribution in [3.63, 3.8) is 0 Å². The lowest BCUT2D eigenvalue weighted by Gasteiger charge is -2.35. The molecule has 2 heterocycles. The van der Waals surface area contributed by atoms with Crippen molar-refractivity contribution in [2.24, 2.45) is 0 Å². The third-order valence-corrected chi connectivity index (χ3v) is 3.28. The number of nitrogens with zero attached hydrogens (tertiary/aromatic N) is 2. The Labute approximate surface area is 119 Å². The topological polar surface area (TPSA) is 67.6 Å².